The maximum absolute atomic E-state index is 13.4. The van der Waals surface area contributed by atoms with Crippen LogP contribution >= 0.6 is 0 Å². The number of H-pyrrole nitrogens is 2. The summed E-state index contributed by atoms with van der Waals surface area (Å²) in [5.41, 5.74) is 8.35. The molecule has 3 aliphatic heterocycles. The van der Waals surface area contributed by atoms with Gasteiger partial charge in [0.25, 0.3) is 0 Å². The summed E-state index contributed by atoms with van der Waals surface area (Å²) in [6.07, 6.45) is 9.28. The second-order valence-corrected chi connectivity index (χ2v) is 13.5. The quantitative estimate of drug-likeness (QED) is 0.159. The second-order valence-electron chi connectivity index (χ2n) is 13.5. The number of aliphatic hydroxyl groups excluding tert-OH is 1. The predicted molar refractivity (Wildman–Crippen MR) is 185 cm³/mol. The smallest absolute Gasteiger partial charge is 0.320 e. The molecule has 2 aromatic rings. The number of aromatic amines is 2. The molecule has 0 radical (unpaired) electrons. The highest BCUT2D eigenvalue weighted by molar-refractivity contribution is 6.00. The van der Waals surface area contributed by atoms with E-state index in [0.717, 1.165) is 51.7 Å². The van der Waals surface area contributed by atoms with E-state index in [2.05, 4.69) is 60.1 Å². The van der Waals surface area contributed by atoms with Gasteiger partial charge < -0.3 is 35.2 Å². The van der Waals surface area contributed by atoms with E-state index in [9.17, 15) is 19.5 Å². The molecular weight excluding hydrogens is 608 g/mol. The van der Waals surface area contributed by atoms with Crippen molar-refractivity contribution in [2.45, 2.75) is 66.8 Å². The minimum Gasteiger partial charge on any atom is -0.510 e. The zero-order chi connectivity index (χ0) is 34.6. The molecule has 10 heteroatoms. The van der Waals surface area contributed by atoms with E-state index in [-0.39, 0.29) is 54.2 Å². The van der Waals surface area contributed by atoms with Gasteiger partial charge in [0, 0.05) is 63.4 Å². The van der Waals surface area contributed by atoms with Gasteiger partial charge in [0.05, 0.1) is 24.2 Å². The monoisotopic (exact) mass is 654 g/mol. The Hall–Kier alpha value is -4.73. The van der Waals surface area contributed by atoms with Gasteiger partial charge in [0.1, 0.15) is 18.3 Å². The first-order valence-corrected chi connectivity index (χ1v) is 16.8. The second kappa shape index (κ2) is 12.7. The van der Waals surface area contributed by atoms with Gasteiger partial charge in [-0.15, -0.1) is 0 Å². The highest BCUT2D eigenvalue weighted by Crippen LogP contribution is 2.43. The number of allylic oxidation sites excluding steroid dienone is 3. The summed E-state index contributed by atoms with van der Waals surface area (Å²) in [5.74, 6) is -1.82. The number of fused-ring (bicyclic) bond motifs is 8. The van der Waals surface area contributed by atoms with Crippen LogP contribution in [0.2, 0.25) is 0 Å². The Bertz CT molecular complexity index is 1940. The molecule has 2 aromatic heterocycles. The van der Waals surface area contributed by atoms with Crippen LogP contribution in [0.1, 0.15) is 85.5 Å². The van der Waals surface area contributed by atoms with Crippen molar-refractivity contribution in [3.8, 4) is 0 Å². The van der Waals surface area contributed by atoms with Crippen LogP contribution in [0.15, 0.2) is 29.7 Å². The molecule has 2 saturated heterocycles. The van der Waals surface area contributed by atoms with Gasteiger partial charge in [-0.05, 0) is 74.5 Å². The zero-order valence-electron chi connectivity index (χ0n) is 28.8. The van der Waals surface area contributed by atoms with Crippen LogP contribution in [0.25, 0.3) is 29.6 Å². The van der Waals surface area contributed by atoms with E-state index in [0.29, 0.717) is 28.1 Å². The van der Waals surface area contributed by atoms with Crippen LogP contribution < -0.4 is 21.2 Å². The molecule has 0 unspecified atom stereocenters. The number of carbonyl (C=O) groups excluding carboxylic acids is 3. The van der Waals surface area contributed by atoms with Crippen LogP contribution in [-0.2, 0) is 19.1 Å². The number of nitrogens with one attached hydrogen (secondary N) is 4. The maximum Gasteiger partial charge on any atom is 0.320 e. The third-order valence-corrected chi connectivity index (χ3v) is 10.9. The number of hydrogen-bond acceptors (Lipinski definition) is 8. The fourth-order valence-electron chi connectivity index (χ4n) is 8.32. The number of ether oxygens (including phenoxy) is 2. The van der Waals surface area contributed by atoms with Gasteiger partial charge in [0.2, 0.25) is 0 Å². The van der Waals surface area contributed by atoms with Crippen molar-refractivity contribution in [1.29, 1.82) is 0 Å². The number of Topliss-reactive ketones (excluding diaryl/α,β-unsaturated/α-hetero) is 1. The van der Waals surface area contributed by atoms with Gasteiger partial charge >= 0.3 is 11.9 Å². The summed E-state index contributed by atoms with van der Waals surface area (Å²) >= 11 is 0. The topological polar surface area (TPSA) is 146 Å². The molecule has 0 aromatic carbocycles. The summed E-state index contributed by atoms with van der Waals surface area (Å²) in [7, 11) is 1.32. The molecule has 0 spiro atoms. The number of aromatic nitrogens is 2. The number of rotatable bonds is 8. The number of carbonyl (C=O) groups is 3. The van der Waals surface area contributed by atoms with Gasteiger partial charge in [0.15, 0.2) is 5.78 Å². The molecule has 4 aliphatic rings. The number of esters is 2. The van der Waals surface area contributed by atoms with E-state index in [1.54, 1.807) is 6.92 Å². The Balaban J connectivity index is 1.62. The van der Waals surface area contributed by atoms with Crippen molar-refractivity contribution >= 4 is 47.3 Å². The summed E-state index contributed by atoms with van der Waals surface area (Å²) in [4.78, 5) is 46.3. The van der Waals surface area contributed by atoms with Crippen molar-refractivity contribution in [2.75, 3.05) is 13.7 Å². The van der Waals surface area contributed by atoms with Gasteiger partial charge in [-0.2, -0.15) is 0 Å². The summed E-state index contributed by atoms with van der Waals surface area (Å²) < 4.78 is 10.6. The van der Waals surface area contributed by atoms with E-state index >= 15 is 0 Å². The molecule has 254 valence electrons. The van der Waals surface area contributed by atoms with Crippen LogP contribution in [0.5, 0.6) is 0 Å². The van der Waals surface area contributed by atoms with Crippen LogP contribution in [-0.4, -0.2) is 52.6 Å². The summed E-state index contributed by atoms with van der Waals surface area (Å²) in [6, 6.07) is -0.432. The first kappa shape index (κ1) is 33.2. The number of hydrogen-bond donors (Lipinski definition) is 5. The molecule has 6 atom stereocenters. The largest absolute Gasteiger partial charge is 0.510 e. The fraction of sp³-hybridized carbons (Fsp3) is 0.447. The lowest BCUT2D eigenvalue weighted by Gasteiger charge is -2.26. The van der Waals surface area contributed by atoms with Crippen molar-refractivity contribution in [2.24, 2.45) is 29.6 Å². The average molecular weight is 655 g/mol. The average Bonchev–Trinajstić information content (AvgIpc) is 3.79. The molecule has 1 aliphatic carbocycles. The number of methoxy groups -OCH3 is 1. The normalized spacial score (nSPS) is 28.8. The van der Waals surface area contributed by atoms with Gasteiger partial charge in [-0.1, -0.05) is 33.4 Å². The Morgan fingerprint density at radius 1 is 0.979 bits per heavy atom. The van der Waals surface area contributed by atoms with Crippen molar-refractivity contribution < 1.29 is 29.0 Å². The fourth-order valence-corrected chi connectivity index (χ4v) is 8.32. The van der Waals surface area contributed by atoms with E-state index in [1.807, 2.05) is 19.9 Å². The number of aliphatic hydroxyl groups is 1. The molecule has 0 amide bonds. The van der Waals surface area contributed by atoms with E-state index in [1.165, 1.54) is 13.2 Å². The van der Waals surface area contributed by atoms with Crippen molar-refractivity contribution in [3.05, 3.63) is 74.1 Å². The maximum atomic E-state index is 13.4. The third-order valence-electron chi connectivity index (χ3n) is 10.9. The summed E-state index contributed by atoms with van der Waals surface area (Å²) in [6.45, 7) is 15.7. The molecule has 10 nitrogen and oxygen atoms in total. The highest BCUT2D eigenvalue weighted by atomic mass is 16.5. The molecular formula is C38H46N4O6. The van der Waals surface area contributed by atoms with Crippen LogP contribution in [0, 0.1) is 43.4 Å². The lowest BCUT2D eigenvalue weighted by atomic mass is 9.80. The van der Waals surface area contributed by atoms with Crippen molar-refractivity contribution in [3.63, 3.8) is 0 Å². The Morgan fingerprint density at radius 3 is 2.33 bits per heavy atom. The number of ketones is 1. The Labute approximate surface area is 280 Å². The first-order valence-electron chi connectivity index (χ1n) is 16.8. The minimum absolute atomic E-state index is 0.0250. The molecule has 0 saturated carbocycles. The van der Waals surface area contributed by atoms with E-state index in [4.69, 9.17) is 9.47 Å². The van der Waals surface area contributed by atoms with Gasteiger partial charge in [-0.3, -0.25) is 14.4 Å². The lowest BCUT2D eigenvalue weighted by molar-refractivity contribution is -0.143. The van der Waals surface area contributed by atoms with Crippen LogP contribution in [0.3, 0.4) is 0 Å². The van der Waals surface area contributed by atoms with E-state index < -0.39 is 17.9 Å². The third kappa shape index (κ3) is 5.31. The highest BCUT2D eigenvalue weighted by Gasteiger charge is 2.47. The molecule has 8 bridgehead atoms. The summed E-state index contributed by atoms with van der Waals surface area (Å²) in [5, 5.41) is 20.4. The molecule has 5 heterocycles. The minimum atomic E-state index is -1.01. The lowest BCUT2D eigenvalue weighted by Crippen LogP contribution is -2.38. The molecule has 48 heavy (non-hydrogen) atoms. The SMILES string of the molecule is C=CCOC(=O)CC[C@@H]1[C@@H]2N/C(=C\c3[nH]c(c(C(C)=O)c3C)/C=C3\N/C(=C\c4[nH]c5c(c4C)=C(O)[C@H](C(=O)OC)C=52)[C@H](CC)[C@H]3C)[C@H]1C. The Morgan fingerprint density at radius 2 is 1.67 bits per heavy atom. The predicted octanol–water partition coefficient (Wildman–Crippen LogP) is 4.52. The van der Waals surface area contributed by atoms with Crippen LogP contribution in [0.4, 0.5) is 0 Å². The molecule has 6 rings (SSSR count). The van der Waals surface area contributed by atoms with Crippen molar-refractivity contribution in [1.82, 2.24) is 20.6 Å². The van der Waals surface area contributed by atoms with Gasteiger partial charge in [-0.25, -0.2) is 0 Å². The molecule has 2 fully saturated rings. The Kier molecular flexibility index (Phi) is 8.78. The standard InChI is InChI=1S/C38H46N4O6/c1-9-13-48-30(44)12-11-23-18(4)25-14-26-19(5)31(21(7)43)29(40-26)16-24-17(3)22(10-2)28(39-24)15-27-20(6)32-36(42-27)33(35(23)41-25)34(37(32)45)38(46)47-8/h9,14-18,22-23,34-35,39-42,45H,1,10-13H2,2-8H3/b24-16-,25-14-,28-15-/t17-,18+,22-,23+,34-,35+/m1/s1. The first-order chi connectivity index (χ1) is 22.9. The molecule has 5 N–H and O–H groups in total. The zero-order valence-corrected chi connectivity index (χ0v) is 28.8.